The zero-order chi connectivity index (χ0) is 33.2. The number of hydrogen-bond acceptors (Lipinski definition) is 2. The molecular formula is C42H86O3. The van der Waals surface area contributed by atoms with Crippen LogP contribution in [-0.4, -0.2) is 24.3 Å². The molecule has 3 nitrogen and oxygen atoms in total. The molecule has 0 aliphatic carbocycles. The van der Waals surface area contributed by atoms with Crippen LogP contribution in [0.5, 0.6) is 0 Å². The summed E-state index contributed by atoms with van der Waals surface area (Å²) in [6.07, 6.45) is 48.4. The molecule has 3 heteroatoms. The van der Waals surface area contributed by atoms with Gasteiger partial charge >= 0.3 is 5.97 Å². The first kappa shape index (κ1) is 46.5. The quantitative estimate of drug-likeness (QED) is 0.0684. The van der Waals surface area contributed by atoms with Crippen LogP contribution in [0.2, 0.25) is 0 Å². The van der Waals surface area contributed by atoms with Gasteiger partial charge in [-0.25, -0.2) is 0 Å². The van der Waals surface area contributed by atoms with Gasteiger partial charge in [0.15, 0.2) is 0 Å². The standard InChI is InChI=1S/C24H50O.C18H36O2/c1-3-5-7-9-11-13-15-17-19-21-23-25-24-22-20-18-16-14-12-10-8-6-4-2;1-2-3-4-5-6-7-8-9-10-11-12-13-14-15-16-17-18(19)20/h3-24H2,1-2H3;2-17H2,1H3,(H,19,20). The average Bonchev–Trinajstić information content (AvgIpc) is 3.04. The van der Waals surface area contributed by atoms with Crippen LogP contribution in [0, 0.1) is 0 Å². The van der Waals surface area contributed by atoms with E-state index in [2.05, 4.69) is 20.8 Å². The Morgan fingerprint density at radius 1 is 0.333 bits per heavy atom. The third kappa shape index (κ3) is 50.5. The number of carboxylic acids is 1. The summed E-state index contributed by atoms with van der Waals surface area (Å²) < 4.78 is 5.78. The molecule has 0 atom stereocenters. The zero-order valence-electron chi connectivity index (χ0n) is 31.6. The lowest BCUT2D eigenvalue weighted by molar-refractivity contribution is -0.137. The first-order chi connectivity index (χ1) is 22.2. The topological polar surface area (TPSA) is 46.5 Å². The Morgan fingerprint density at radius 3 is 0.756 bits per heavy atom. The number of aliphatic carboxylic acids is 1. The van der Waals surface area contributed by atoms with E-state index < -0.39 is 5.97 Å². The van der Waals surface area contributed by atoms with Crippen LogP contribution in [0.4, 0.5) is 0 Å². The molecule has 1 N–H and O–H groups in total. The van der Waals surface area contributed by atoms with Crippen LogP contribution in [0.1, 0.15) is 252 Å². The maximum atomic E-state index is 10.3. The molecule has 0 amide bonds. The first-order valence-electron chi connectivity index (χ1n) is 21.0. The van der Waals surface area contributed by atoms with Gasteiger partial charge in [0.25, 0.3) is 0 Å². The SMILES string of the molecule is CCCCCCCCCCCCCCCCCC(=O)O.CCCCCCCCCCCCOCCCCCCCCCCCC. The molecule has 45 heavy (non-hydrogen) atoms. The minimum atomic E-state index is -0.653. The van der Waals surface area contributed by atoms with E-state index in [0.29, 0.717) is 6.42 Å². The van der Waals surface area contributed by atoms with Crippen molar-refractivity contribution in [1.82, 2.24) is 0 Å². The minimum absolute atomic E-state index is 0.345. The van der Waals surface area contributed by atoms with Crippen LogP contribution in [-0.2, 0) is 9.53 Å². The molecular weight excluding hydrogens is 552 g/mol. The van der Waals surface area contributed by atoms with Crippen LogP contribution in [0.25, 0.3) is 0 Å². The minimum Gasteiger partial charge on any atom is -0.481 e. The summed E-state index contributed by atoms with van der Waals surface area (Å²) in [7, 11) is 0. The second kappa shape index (κ2) is 45.6. The molecule has 0 unspecified atom stereocenters. The normalized spacial score (nSPS) is 11.1. The van der Waals surface area contributed by atoms with Crippen LogP contribution < -0.4 is 0 Å². The smallest absolute Gasteiger partial charge is 0.303 e. The largest absolute Gasteiger partial charge is 0.481 e. The van der Waals surface area contributed by atoms with Gasteiger partial charge in [-0.05, 0) is 19.3 Å². The van der Waals surface area contributed by atoms with E-state index in [1.165, 1.54) is 212 Å². The second-order valence-corrected chi connectivity index (χ2v) is 14.1. The van der Waals surface area contributed by atoms with Crippen molar-refractivity contribution in [3.63, 3.8) is 0 Å². The summed E-state index contributed by atoms with van der Waals surface area (Å²) in [5, 5.41) is 8.52. The zero-order valence-corrected chi connectivity index (χ0v) is 31.6. The molecule has 0 radical (unpaired) electrons. The Hall–Kier alpha value is -0.570. The molecule has 0 spiro atoms. The number of carbonyl (C=O) groups is 1. The molecule has 0 aliphatic rings. The lowest BCUT2D eigenvalue weighted by atomic mass is 10.0. The third-order valence-corrected chi connectivity index (χ3v) is 9.28. The Labute approximate surface area is 285 Å². The summed E-state index contributed by atoms with van der Waals surface area (Å²) in [6, 6.07) is 0. The van der Waals surface area contributed by atoms with Crippen molar-refractivity contribution in [2.45, 2.75) is 252 Å². The number of rotatable bonds is 38. The Bertz CT molecular complexity index is 484. The summed E-state index contributed by atoms with van der Waals surface area (Å²) in [6.45, 7) is 8.84. The molecule has 0 heterocycles. The van der Waals surface area contributed by atoms with Crippen molar-refractivity contribution < 1.29 is 14.6 Å². The van der Waals surface area contributed by atoms with Gasteiger partial charge in [-0.2, -0.15) is 0 Å². The lowest BCUT2D eigenvalue weighted by Crippen LogP contribution is -1.97. The van der Waals surface area contributed by atoms with Gasteiger partial charge in [0, 0.05) is 19.6 Å². The Morgan fingerprint density at radius 2 is 0.533 bits per heavy atom. The van der Waals surface area contributed by atoms with E-state index in [1.807, 2.05) is 0 Å². The fourth-order valence-corrected chi connectivity index (χ4v) is 6.13. The highest BCUT2D eigenvalue weighted by Crippen LogP contribution is 2.14. The number of hydrogen-bond donors (Lipinski definition) is 1. The van der Waals surface area contributed by atoms with Crippen LogP contribution >= 0.6 is 0 Å². The van der Waals surface area contributed by atoms with E-state index in [0.717, 1.165) is 26.1 Å². The molecule has 0 saturated carbocycles. The number of ether oxygens (including phenoxy) is 1. The average molecular weight is 639 g/mol. The maximum Gasteiger partial charge on any atom is 0.303 e. The molecule has 0 aliphatic heterocycles. The highest BCUT2D eigenvalue weighted by molar-refractivity contribution is 5.66. The van der Waals surface area contributed by atoms with Gasteiger partial charge < -0.3 is 9.84 Å². The maximum absolute atomic E-state index is 10.3. The monoisotopic (exact) mass is 639 g/mol. The predicted octanol–water partition coefficient (Wildman–Crippen LogP) is 15.2. The van der Waals surface area contributed by atoms with Crippen molar-refractivity contribution in [3.05, 3.63) is 0 Å². The highest BCUT2D eigenvalue weighted by atomic mass is 16.5. The van der Waals surface area contributed by atoms with E-state index in [4.69, 9.17) is 9.84 Å². The predicted molar refractivity (Wildman–Crippen MR) is 202 cm³/mol. The van der Waals surface area contributed by atoms with Gasteiger partial charge in [0.1, 0.15) is 0 Å². The fraction of sp³-hybridized carbons (Fsp3) is 0.976. The van der Waals surface area contributed by atoms with Crippen LogP contribution in [0.15, 0.2) is 0 Å². The van der Waals surface area contributed by atoms with Gasteiger partial charge in [-0.1, -0.05) is 226 Å². The van der Waals surface area contributed by atoms with Gasteiger partial charge in [-0.15, -0.1) is 0 Å². The molecule has 0 aromatic rings. The molecule has 0 aromatic carbocycles. The molecule has 0 rings (SSSR count). The molecule has 0 fully saturated rings. The number of unbranched alkanes of at least 4 members (excludes halogenated alkanes) is 32. The summed E-state index contributed by atoms with van der Waals surface area (Å²) in [5.41, 5.74) is 0. The van der Waals surface area contributed by atoms with Crippen molar-refractivity contribution in [3.8, 4) is 0 Å². The molecule has 0 saturated heterocycles. The number of carboxylic acid groups (broad SMARTS) is 1. The van der Waals surface area contributed by atoms with Crippen molar-refractivity contribution in [2.24, 2.45) is 0 Å². The second-order valence-electron chi connectivity index (χ2n) is 14.1. The summed E-state index contributed by atoms with van der Waals surface area (Å²) >= 11 is 0. The van der Waals surface area contributed by atoms with Crippen molar-refractivity contribution in [1.29, 1.82) is 0 Å². The van der Waals surface area contributed by atoms with Crippen LogP contribution in [0.3, 0.4) is 0 Å². The molecule has 0 bridgehead atoms. The van der Waals surface area contributed by atoms with E-state index in [1.54, 1.807) is 0 Å². The Kier molecular flexibility index (Phi) is 47.1. The van der Waals surface area contributed by atoms with Crippen molar-refractivity contribution >= 4 is 5.97 Å². The van der Waals surface area contributed by atoms with E-state index >= 15 is 0 Å². The first-order valence-corrected chi connectivity index (χ1v) is 21.0. The summed E-state index contributed by atoms with van der Waals surface area (Å²) in [5.74, 6) is -0.653. The third-order valence-electron chi connectivity index (χ3n) is 9.28. The highest BCUT2D eigenvalue weighted by Gasteiger charge is 1.98. The van der Waals surface area contributed by atoms with E-state index in [-0.39, 0.29) is 0 Å². The lowest BCUT2D eigenvalue weighted by Gasteiger charge is -2.05. The van der Waals surface area contributed by atoms with Crippen molar-refractivity contribution in [2.75, 3.05) is 13.2 Å². The summed E-state index contributed by atoms with van der Waals surface area (Å²) in [4.78, 5) is 10.3. The molecule has 0 aromatic heterocycles. The molecule has 272 valence electrons. The van der Waals surface area contributed by atoms with Gasteiger partial charge in [-0.3, -0.25) is 4.79 Å². The van der Waals surface area contributed by atoms with E-state index in [9.17, 15) is 4.79 Å². The van der Waals surface area contributed by atoms with Gasteiger partial charge in [0.05, 0.1) is 0 Å². The van der Waals surface area contributed by atoms with Gasteiger partial charge in [0.2, 0.25) is 0 Å². The fourth-order valence-electron chi connectivity index (χ4n) is 6.13. The Balaban J connectivity index is 0.